The molecule has 0 radical (unpaired) electrons. The van der Waals surface area contributed by atoms with E-state index >= 15 is 0 Å². The summed E-state index contributed by atoms with van der Waals surface area (Å²) >= 11 is 0. The predicted molar refractivity (Wildman–Crippen MR) is 89.6 cm³/mol. The lowest BCUT2D eigenvalue weighted by molar-refractivity contribution is 0.126. The zero-order valence-corrected chi connectivity index (χ0v) is 13.6. The van der Waals surface area contributed by atoms with Crippen molar-refractivity contribution in [3.05, 3.63) is 35.4 Å². The van der Waals surface area contributed by atoms with Gasteiger partial charge < -0.3 is 10.4 Å². The lowest BCUT2D eigenvalue weighted by Crippen LogP contribution is -2.34. The van der Waals surface area contributed by atoms with Crippen molar-refractivity contribution in [3.8, 4) is 0 Å². The minimum absolute atomic E-state index is 0.158. The Kier molecular flexibility index (Phi) is 6.72. The van der Waals surface area contributed by atoms with Gasteiger partial charge in [0.05, 0.1) is 6.10 Å². The molecule has 1 aliphatic rings. The maximum atomic E-state index is 10.5. The van der Waals surface area contributed by atoms with Gasteiger partial charge in [-0.25, -0.2) is 0 Å². The molecule has 0 bridgehead atoms. The number of nitrogens with one attached hydrogen (secondary N) is 1. The van der Waals surface area contributed by atoms with Crippen LogP contribution in [0.25, 0.3) is 0 Å². The summed E-state index contributed by atoms with van der Waals surface area (Å²) in [6, 6.07) is 8.89. The van der Waals surface area contributed by atoms with Crippen molar-refractivity contribution in [3.63, 3.8) is 0 Å². The molecule has 0 aromatic heterocycles. The molecule has 0 spiro atoms. The Morgan fingerprint density at radius 1 is 1.10 bits per heavy atom. The van der Waals surface area contributed by atoms with Gasteiger partial charge in [-0.1, -0.05) is 57.4 Å². The van der Waals surface area contributed by atoms with E-state index in [1.54, 1.807) is 0 Å². The average molecular weight is 289 g/mol. The second-order valence-electron chi connectivity index (χ2n) is 6.42. The Labute approximate surface area is 130 Å². The minimum Gasteiger partial charge on any atom is -0.387 e. The van der Waals surface area contributed by atoms with Crippen LogP contribution in [-0.4, -0.2) is 17.7 Å². The summed E-state index contributed by atoms with van der Waals surface area (Å²) in [6.45, 7) is 5.26. The molecule has 21 heavy (non-hydrogen) atoms. The van der Waals surface area contributed by atoms with Crippen molar-refractivity contribution in [2.24, 2.45) is 0 Å². The Bertz CT molecular complexity index is 395. The van der Waals surface area contributed by atoms with E-state index in [2.05, 4.69) is 43.4 Å². The molecule has 0 aliphatic heterocycles. The minimum atomic E-state index is -0.401. The number of hydrogen-bond donors (Lipinski definition) is 2. The summed E-state index contributed by atoms with van der Waals surface area (Å²) < 4.78 is 0. The van der Waals surface area contributed by atoms with Gasteiger partial charge in [0.25, 0.3) is 0 Å². The normalized spacial score (nSPS) is 19.4. The zero-order chi connectivity index (χ0) is 15.1. The van der Waals surface area contributed by atoms with Gasteiger partial charge in [-0.15, -0.1) is 0 Å². The fourth-order valence-electron chi connectivity index (χ4n) is 3.44. The molecule has 2 atom stereocenters. The van der Waals surface area contributed by atoms with Gasteiger partial charge in [0, 0.05) is 6.04 Å². The molecule has 2 N–H and O–H groups in total. The van der Waals surface area contributed by atoms with E-state index in [1.165, 1.54) is 37.7 Å². The van der Waals surface area contributed by atoms with Crippen LogP contribution in [0.15, 0.2) is 24.3 Å². The van der Waals surface area contributed by atoms with Crippen molar-refractivity contribution in [1.29, 1.82) is 0 Å². The molecule has 1 saturated carbocycles. The lowest BCUT2D eigenvalue weighted by atomic mass is 9.83. The number of rotatable bonds is 7. The van der Waals surface area contributed by atoms with E-state index in [-0.39, 0.29) is 6.04 Å². The summed E-state index contributed by atoms with van der Waals surface area (Å²) in [4.78, 5) is 0. The number of hydrogen-bond acceptors (Lipinski definition) is 2. The standard InChI is InChI=1S/C19H31NO/c1-3-14-20-18(4-2)19(21)17-12-10-16(11-13-17)15-8-6-5-7-9-15/h10-13,15,18-21H,3-9,14H2,1-2H3. The molecule has 1 aliphatic carbocycles. The van der Waals surface area contributed by atoms with Gasteiger partial charge in [-0.2, -0.15) is 0 Å². The third kappa shape index (κ3) is 4.55. The third-order valence-corrected chi connectivity index (χ3v) is 4.83. The highest BCUT2D eigenvalue weighted by Crippen LogP contribution is 2.33. The summed E-state index contributed by atoms with van der Waals surface area (Å²) in [5.74, 6) is 0.741. The second-order valence-corrected chi connectivity index (χ2v) is 6.42. The molecule has 2 rings (SSSR count). The maximum absolute atomic E-state index is 10.5. The second kappa shape index (κ2) is 8.55. The van der Waals surface area contributed by atoms with Crippen molar-refractivity contribution in [2.75, 3.05) is 6.54 Å². The van der Waals surface area contributed by atoms with Crippen molar-refractivity contribution < 1.29 is 5.11 Å². The van der Waals surface area contributed by atoms with Crippen LogP contribution < -0.4 is 5.32 Å². The van der Waals surface area contributed by atoms with Crippen LogP contribution >= 0.6 is 0 Å². The average Bonchev–Trinajstić information content (AvgIpc) is 2.56. The summed E-state index contributed by atoms with van der Waals surface area (Å²) in [7, 11) is 0. The van der Waals surface area contributed by atoms with Gasteiger partial charge in [-0.3, -0.25) is 0 Å². The molecule has 2 nitrogen and oxygen atoms in total. The highest BCUT2D eigenvalue weighted by molar-refractivity contribution is 5.27. The Balaban J connectivity index is 1.99. The fraction of sp³-hybridized carbons (Fsp3) is 0.684. The lowest BCUT2D eigenvalue weighted by Gasteiger charge is -2.25. The van der Waals surface area contributed by atoms with Gasteiger partial charge in [0.1, 0.15) is 0 Å². The van der Waals surface area contributed by atoms with E-state index in [0.29, 0.717) is 0 Å². The van der Waals surface area contributed by atoms with Crippen LogP contribution in [0.1, 0.15) is 81.9 Å². The van der Waals surface area contributed by atoms with E-state index < -0.39 is 6.10 Å². The first-order valence-electron chi connectivity index (χ1n) is 8.77. The number of aliphatic hydroxyl groups is 1. The van der Waals surface area contributed by atoms with E-state index in [1.807, 2.05) is 0 Å². The summed E-state index contributed by atoms with van der Waals surface area (Å²) in [5.41, 5.74) is 2.50. The highest BCUT2D eigenvalue weighted by atomic mass is 16.3. The van der Waals surface area contributed by atoms with Crippen LogP contribution in [0.3, 0.4) is 0 Å². The van der Waals surface area contributed by atoms with Gasteiger partial charge in [0.2, 0.25) is 0 Å². The summed E-state index contributed by atoms with van der Waals surface area (Å²) in [6.07, 6.45) is 8.45. The van der Waals surface area contributed by atoms with Crippen molar-refractivity contribution >= 4 is 0 Å². The highest BCUT2D eigenvalue weighted by Gasteiger charge is 2.20. The Hall–Kier alpha value is -0.860. The largest absolute Gasteiger partial charge is 0.387 e. The van der Waals surface area contributed by atoms with E-state index in [0.717, 1.165) is 30.9 Å². The van der Waals surface area contributed by atoms with Crippen LogP contribution in [0.5, 0.6) is 0 Å². The fourth-order valence-corrected chi connectivity index (χ4v) is 3.44. The van der Waals surface area contributed by atoms with Gasteiger partial charge in [-0.05, 0) is 49.3 Å². The predicted octanol–water partition coefficient (Wildman–Crippen LogP) is 4.55. The SMILES string of the molecule is CCCNC(CC)C(O)c1ccc(C2CCCCC2)cc1. The van der Waals surface area contributed by atoms with Crippen LogP contribution in [0, 0.1) is 0 Å². The first-order chi connectivity index (χ1) is 10.3. The molecule has 2 unspecified atom stereocenters. The molecule has 1 aromatic carbocycles. The smallest absolute Gasteiger partial charge is 0.0942 e. The molecule has 0 amide bonds. The molecular formula is C19H31NO. The molecule has 2 heteroatoms. The van der Waals surface area contributed by atoms with Crippen LogP contribution in [-0.2, 0) is 0 Å². The van der Waals surface area contributed by atoms with E-state index in [9.17, 15) is 5.11 Å². The van der Waals surface area contributed by atoms with Crippen molar-refractivity contribution in [2.45, 2.75) is 76.9 Å². The molecule has 1 fully saturated rings. The number of aliphatic hydroxyl groups excluding tert-OH is 1. The van der Waals surface area contributed by atoms with E-state index in [4.69, 9.17) is 0 Å². The molecular weight excluding hydrogens is 258 g/mol. The number of benzene rings is 1. The Morgan fingerprint density at radius 3 is 2.33 bits per heavy atom. The first-order valence-corrected chi connectivity index (χ1v) is 8.77. The van der Waals surface area contributed by atoms with Crippen molar-refractivity contribution in [1.82, 2.24) is 5.32 Å². The summed E-state index contributed by atoms with van der Waals surface area (Å²) in [5, 5.41) is 14.0. The quantitative estimate of drug-likeness (QED) is 0.772. The molecule has 0 heterocycles. The molecule has 1 aromatic rings. The third-order valence-electron chi connectivity index (χ3n) is 4.83. The van der Waals surface area contributed by atoms with Gasteiger partial charge in [0.15, 0.2) is 0 Å². The van der Waals surface area contributed by atoms with Crippen LogP contribution in [0.2, 0.25) is 0 Å². The molecule has 118 valence electrons. The Morgan fingerprint density at radius 2 is 1.76 bits per heavy atom. The first kappa shape index (κ1) is 16.5. The van der Waals surface area contributed by atoms with Crippen LogP contribution in [0.4, 0.5) is 0 Å². The zero-order valence-electron chi connectivity index (χ0n) is 13.6. The maximum Gasteiger partial charge on any atom is 0.0942 e. The monoisotopic (exact) mass is 289 g/mol. The topological polar surface area (TPSA) is 32.3 Å². The molecule has 0 saturated heterocycles. The van der Waals surface area contributed by atoms with Gasteiger partial charge >= 0.3 is 0 Å².